The lowest BCUT2D eigenvalue weighted by atomic mass is 9.97. The van der Waals surface area contributed by atoms with Crippen LogP contribution in [0.1, 0.15) is 25.7 Å². The van der Waals surface area contributed by atoms with Gasteiger partial charge in [-0.1, -0.05) is 0 Å². The molecule has 0 amide bonds. The molecule has 0 aromatic carbocycles. The molecule has 6 nitrogen and oxygen atoms in total. The van der Waals surface area contributed by atoms with E-state index in [0.29, 0.717) is 12.0 Å². The molecule has 1 aromatic rings. The van der Waals surface area contributed by atoms with Gasteiger partial charge in [0.1, 0.15) is 6.20 Å². The summed E-state index contributed by atoms with van der Waals surface area (Å²) < 4.78 is 0. The highest BCUT2D eigenvalue weighted by Crippen LogP contribution is 2.37. The molecule has 19 heavy (non-hydrogen) atoms. The lowest BCUT2D eigenvalue weighted by Gasteiger charge is -2.29. The highest BCUT2D eigenvalue weighted by Gasteiger charge is 2.33. The van der Waals surface area contributed by atoms with E-state index in [9.17, 15) is 10.1 Å². The van der Waals surface area contributed by atoms with Gasteiger partial charge in [0.2, 0.25) is 0 Å². The topological polar surface area (TPSA) is 71.3 Å². The number of rotatable bonds is 5. The quantitative estimate of drug-likeness (QED) is 0.661. The Kier molecular flexibility index (Phi) is 3.65. The first-order valence-corrected chi connectivity index (χ1v) is 7.63. The molecule has 0 spiro atoms. The fourth-order valence-electron chi connectivity index (χ4n) is 2.59. The number of aromatic nitrogens is 1. The van der Waals surface area contributed by atoms with Crippen molar-refractivity contribution in [1.82, 2.24) is 10.3 Å². The molecule has 104 valence electrons. The third-order valence-corrected chi connectivity index (χ3v) is 4.79. The Morgan fingerprint density at radius 3 is 2.74 bits per heavy atom. The summed E-state index contributed by atoms with van der Waals surface area (Å²) in [7, 11) is 0. The highest BCUT2D eigenvalue weighted by molar-refractivity contribution is 7.18. The first-order valence-electron chi connectivity index (χ1n) is 6.81. The Balaban J connectivity index is 1.70. The average molecular weight is 282 g/mol. The maximum atomic E-state index is 10.8. The number of nitrogens with one attached hydrogen (secondary N) is 1. The third kappa shape index (κ3) is 3.03. The van der Waals surface area contributed by atoms with Crippen molar-refractivity contribution in [3.63, 3.8) is 0 Å². The monoisotopic (exact) mass is 282 g/mol. The third-order valence-electron chi connectivity index (χ3n) is 3.81. The molecule has 1 aliphatic heterocycles. The predicted octanol–water partition coefficient (Wildman–Crippen LogP) is 2.02. The molecule has 1 N–H and O–H groups in total. The summed E-state index contributed by atoms with van der Waals surface area (Å²) in [5.41, 5.74) is 0. The second kappa shape index (κ2) is 5.42. The number of piperidine rings is 1. The SMILES string of the molecule is O=[N+]([O-])c1cnc(N(CC2CCNCC2)C2CC2)s1. The summed E-state index contributed by atoms with van der Waals surface area (Å²) in [5, 5.41) is 15.1. The standard InChI is InChI=1S/C12H18N4O2S/c17-16(18)11-7-14-12(19-11)15(10-1-2-10)8-9-3-5-13-6-4-9/h7,9-10,13H,1-6,8H2. The van der Waals surface area contributed by atoms with Crippen LogP contribution in [0.5, 0.6) is 0 Å². The van der Waals surface area contributed by atoms with E-state index in [1.54, 1.807) is 0 Å². The van der Waals surface area contributed by atoms with Gasteiger partial charge in [-0.25, -0.2) is 4.98 Å². The number of nitro groups is 1. The zero-order valence-electron chi connectivity index (χ0n) is 10.7. The second-order valence-electron chi connectivity index (χ2n) is 5.32. The van der Waals surface area contributed by atoms with Crippen molar-refractivity contribution in [3.8, 4) is 0 Å². The van der Waals surface area contributed by atoms with Crippen LogP contribution in [0.15, 0.2) is 6.20 Å². The zero-order chi connectivity index (χ0) is 13.2. The fraction of sp³-hybridized carbons (Fsp3) is 0.750. The fourth-order valence-corrected chi connectivity index (χ4v) is 3.40. The van der Waals surface area contributed by atoms with Crippen LogP contribution >= 0.6 is 11.3 Å². The van der Waals surface area contributed by atoms with Crippen LogP contribution in [-0.2, 0) is 0 Å². The van der Waals surface area contributed by atoms with Crippen LogP contribution in [0, 0.1) is 16.0 Å². The van der Waals surface area contributed by atoms with Crippen molar-refractivity contribution in [2.75, 3.05) is 24.5 Å². The van der Waals surface area contributed by atoms with Crippen LogP contribution in [-0.4, -0.2) is 35.6 Å². The Morgan fingerprint density at radius 2 is 2.16 bits per heavy atom. The van der Waals surface area contributed by atoms with Gasteiger partial charge in [0.15, 0.2) is 5.13 Å². The second-order valence-corrected chi connectivity index (χ2v) is 6.30. The maximum Gasteiger partial charge on any atom is 0.345 e. The van der Waals surface area contributed by atoms with Gasteiger partial charge in [-0.15, -0.1) is 0 Å². The lowest BCUT2D eigenvalue weighted by molar-refractivity contribution is -0.380. The minimum Gasteiger partial charge on any atom is -0.345 e. The van der Waals surface area contributed by atoms with Crippen molar-refractivity contribution >= 4 is 21.5 Å². The van der Waals surface area contributed by atoms with Crippen LogP contribution in [0.2, 0.25) is 0 Å². The number of hydrogen-bond donors (Lipinski definition) is 1. The van der Waals surface area contributed by atoms with Crippen molar-refractivity contribution in [3.05, 3.63) is 16.3 Å². The van der Waals surface area contributed by atoms with E-state index in [2.05, 4.69) is 15.2 Å². The minimum absolute atomic E-state index is 0.144. The normalized spacial score (nSPS) is 20.4. The number of hydrogen-bond acceptors (Lipinski definition) is 6. The molecule has 0 radical (unpaired) electrons. The molecular formula is C12H18N4O2S. The van der Waals surface area contributed by atoms with Gasteiger partial charge in [0, 0.05) is 12.6 Å². The van der Waals surface area contributed by atoms with Gasteiger partial charge >= 0.3 is 5.00 Å². The van der Waals surface area contributed by atoms with E-state index >= 15 is 0 Å². The average Bonchev–Trinajstić information content (AvgIpc) is 3.13. The molecule has 2 heterocycles. The van der Waals surface area contributed by atoms with Crippen molar-refractivity contribution < 1.29 is 4.92 Å². The number of anilines is 1. The van der Waals surface area contributed by atoms with Gasteiger partial charge in [-0.05, 0) is 56.0 Å². The molecular weight excluding hydrogens is 264 g/mol. The van der Waals surface area contributed by atoms with Crippen molar-refractivity contribution in [1.29, 1.82) is 0 Å². The van der Waals surface area contributed by atoms with E-state index in [1.165, 1.54) is 43.2 Å². The van der Waals surface area contributed by atoms with Gasteiger partial charge in [-0.3, -0.25) is 10.1 Å². The Labute approximate surface area is 116 Å². The van der Waals surface area contributed by atoms with Crippen LogP contribution < -0.4 is 10.2 Å². The largest absolute Gasteiger partial charge is 0.345 e. The molecule has 3 rings (SSSR count). The molecule has 2 aliphatic rings. The molecule has 7 heteroatoms. The Hall–Kier alpha value is -1.21. The molecule has 1 aliphatic carbocycles. The summed E-state index contributed by atoms with van der Waals surface area (Å²) in [6.07, 6.45) is 6.15. The van der Waals surface area contributed by atoms with E-state index < -0.39 is 0 Å². The molecule has 0 atom stereocenters. The first kappa shape index (κ1) is 12.8. The molecule has 2 fully saturated rings. The van der Waals surface area contributed by atoms with E-state index in [1.807, 2.05) is 0 Å². The molecule has 1 aromatic heterocycles. The number of nitrogens with zero attached hydrogens (tertiary/aromatic N) is 3. The van der Waals surface area contributed by atoms with Crippen molar-refractivity contribution in [2.24, 2.45) is 5.92 Å². The molecule has 1 saturated carbocycles. The molecule has 0 bridgehead atoms. The summed E-state index contributed by atoms with van der Waals surface area (Å²) in [6.45, 7) is 3.17. The van der Waals surface area contributed by atoms with Crippen LogP contribution in [0.3, 0.4) is 0 Å². The lowest BCUT2D eigenvalue weighted by Crippen LogP contribution is -2.37. The number of thiazole rings is 1. The van der Waals surface area contributed by atoms with E-state index in [4.69, 9.17) is 0 Å². The minimum atomic E-state index is -0.350. The van der Waals surface area contributed by atoms with Gasteiger partial charge < -0.3 is 10.2 Å². The Morgan fingerprint density at radius 1 is 1.42 bits per heavy atom. The summed E-state index contributed by atoms with van der Waals surface area (Å²) in [5.74, 6) is 0.685. The highest BCUT2D eigenvalue weighted by atomic mass is 32.1. The Bertz CT molecular complexity index is 454. The van der Waals surface area contributed by atoms with Gasteiger partial charge in [-0.2, -0.15) is 0 Å². The van der Waals surface area contributed by atoms with Crippen LogP contribution in [0.4, 0.5) is 10.1 Å². The van der Waals surface area contributed by atoms with Crippen molar-refractivity contribution in [2.45, 2.75) is 31.7 Å². The van der Waals surface area contributed by atoms with Gasteiger partial charge in [0.25, 0.3) is 0 Å². The smallest absolute Gasteiger partial charge is 0.345 e. The summed E-state index contributed by atoms with van der Waals surface area (Å²) in [4.78, 5) is 17.0. The molecule has 0 unspecified atom stereocenters. The summed E-state index contributed by atoms with van der Waals surface area (Å²) in [6, 6.07) is 0.556. The first-order chi connectivity index (χ1) is 9.24. The van der Waals surface area contributed by atoms with E-state index in [-0.39, 0.29) is 9.92 Å². The predicted molar refractivity (Wildman–Crippen MR) is 74.7 cm³/mol. The zero-order valence-corrected chi connectivity index (χ0v) is 11.6. The van der Waals surface area contributed by atoms with Crippen LogP contribution in [0.25, 0.3) is 0 Å². The van der Waals surface area contributed by atoms with E-state index in [0.717, 1.165) is 24.8 Å². The summed E-state index contributed by atoms with van der Waals surface area (Å²) >= 11 is 1.21. The van der Waals surface area contributed by atoms with Gasteiger partial charge in [0.05, 0.1) is 4.92 Å². The maximum absolute atomic E-state index is 10.8. The molecule has 1 saturated heterocycles.